The van der Waals surface area contributed by atoms with Crippen molar-refractivity contribution in [2.75, 3.05) is 33.3 Å². The van der Waals surface area contributed by atoms with Gasteiger partial charge in [-0.3, -0.25) is 19.4 Å². The van der Waals surface area contributed by atoms with E-state index in [1.807, 2.05) is 30.3 Å². The van der Waals surface area contributed by atoms with E-state index in [4.69, 9.17) is 9.15 Å². The van der Waals surface area contributed by atoms with Gasteiger partial charge >= 0.3 is 0 Å². The summed E-state index contributed by atoms with van der Waals surface area (Å²) in [5.74, 6) is -0.535. The van der Waals surface area contributed by atoms with Crippen molar-refractivity contribution < 1.29 is 23.5 Å². The Balaban J connectivity index is 1.26. The number of hydrogen-bond acceptors (Lipinski definition) is 7. The molecule has 1 N–H and O–H groups in total. The van der Waals surface area contributed by atoms with Gasteiger partial charge in [0.15, 0.2) is 11.3 Å². The summed E-state index contributed by atoms with van der Waals surface area (Å²) < 4.78 is 11.4. The Morgan fingerprint density at radius 3 is 2.50 bits per heavy atom. The van der Waals surface area contributed by atoms with E-state index in [1.54, 1.807) is 29.4 Å². The maximum atomic E-state index is 13.4. The topological polar surface area (TPSA) is 122 Å². The lowest BCUT2D eigenvalue weighted by atomic mass is 10.1. The number of ether oxygens (including phenoxy) is 1. The van der Waals surface area contributed by atoms with Crippen molar-refractivity contribution in [2.24, 2.45) is 0 Å². The lowest BCUT2D eigenvalue weighted by Crippen LogP contribution is -2.52. The highest BCUT2D eigenvalue weighted by Gasteiger charge is 2.31. The van der Waals surface area contributed by atoms with E-state index >= 15 is 0 Å². The van der Waals surface area contributed by atoms with Crippen LogP contribution in [0.5, 0.6) is 5.75 Å². The first-order chi connectivity index (χ1) is 18.5. The molecule has 1 aromatic carbocycles. The fourth-order valence-corrected chi connectivity index (χ4v) is 4.77. The van der Waals surface area contributed by atoms with Crippen LogP contribution in [0.4, 0.5) is 0 Å². The smallest absolute Gasteiger partial charge is 0.295 e. The average molecular weight is 510 g/mol. The van der Waals surface area contributed by atoms with Crippen LogP contribution in [-0.4, -0.2) is 75.6 Å². The number of nitrogens with zero attached hydrogens (tertiary/aromatic N) is 4. The molecule has 10 nitrogen and oxygen atoms in total. The third-order valence-corrected chi connectivity index (χ3v) is 6.76. The molecule has 5 heterocycles. The molecule has 6 rings (SSSR count). The number of ketones is 1. The maximum absolute atomic E-state index is 13.4. The maximum Gasteiger partial charge on any atom is 0.295 e. The zero-order valence-electron chi connectivity index (χ0n) is 20.5. The van der Waals surface area contributed by atoms with Gasteiger partial charge in [-0.1, -0.05) is 18.2 Å². The quantitative estimate of drug-likeness (QED) is 0.284. The minimum Gasteiger partial charge on any atom is -0.494 e. The number of amides is 2. The lowest BCUT2D eigenvalue weighted by Gasteiger charge is -2.34. The molecular weight excluding hydrogens is 486 g/mol. The molecule has 1 aliphatic rings. The molecule has 0 spiro atoms. The number of fused-ring (bicyclic) bond motifs is 2. The number of rotatable bonds is 5. The van der Waals surface area contributed by atoms with Crippen LogP contribution in [0.3, 0.4) is 0 Å². The van der Waals surface area contributed by atoms with Crippen LogP contribution >= 0.6 is 0 Å². The number of Topliss-reactive ketones (excluding diaryl/α,β-unsaturated/α-hetero) is 1. The molecule has 0 unspecified atom stereocenters. The molecule has 0 saturated carbocycles. The largest absolute Gasteiger partial charge is 0.494 e. The Morgan fingerprint density at radius 2 is 1.76 bits per heavy atom. The Hall–Kier alpha value is -4.99. The molecular formula is C28H23N5O5. The van der Waals surface area contributed by atoms with E-state index in [0.29, 0.717) is 52.3 Å². The molecule has 0 bridgehead atoms. The van der Waals surface area contributed by atoms with Crippen LogP contribution in [0.1, 0.15) is 20.7 Å². The van der Waals surface area contributed by atoms with E-state index in [9.17, 15) is 14.4 Å². The molecule has 2 amide bonds. The standard InChI is InChI=1S/C28H23N5O5/c1-37-22-16-31-24(20-13-18-7-8-29-15-21(18)38-20)25-23(22)19(14-30-25)26(34)28(36)33-11-9-32(10-12-33)27(35)17-5-3-2-4-6-17/h2-8,13-16,30H,9-12H2,1H3. The van der Waals surface area contributed by atoms with Crippen LogP contribution in [0, 0.1) is 0 Å². The number of furan rings is 1. The molecule has 0 atom stereocenters. The van der Waals surface area contributed by atoms with Crippen molar-refractivity contribution in [3.05, 3.63) is 78.4 Å². The van der Waals surface area contributed by atoms with Crippen molar-refractivity contribution in [1.82, 2.24) is 24.8 Å². The van der Waals surface area contributed by atoms with Gasteiger partial charge in [0.25, 0.3) is 17.6 Å². The van der Waals surface area contributed by atoms with E-state index in [0.717, 1.165) is 5.39 Å². The van der Waals surface area contributed by atoms with Gasteiger partial charge in [-0.2, -0.15) is 0 Å². The fraction of sp³-hybridized carbons (Fsp3) is 0.179. The van der Waals surface area contributed by atoms with Crippen LogP contribution in [0.15, 0.2) is 71.7 Å². The Bertz CT molecular complexity index is 1650. The SMILES string of the molecule is COc1cnc(-c2cc3ccncc3o2)c2[nH]cc(C(=O)C(=O)N3CCN(C(=O)c4ccccc4)CC3)c12. The first-order valence-electron chi connectivity index (χ1n) is 12.1. The van der Waals surface area contributed by atoms with Gasteiger partial charge in [0.1, 0.15) is 11.4 Å². The molecule has 1 saturated heterocycles. The number of carbonyl (C=O) groups is 3. The summed E-state index contributed by atoms with van der Waals surface area (Å²) in [5, 5.41) is 1.32. The number of methoxy groups -OCH3 is 1. The number of hydrogen-bond donors (Lipinski definition) is 1. The lowest BCUT2D eigenvalue weighted by molar-refractivity contribution is -0.127. The van der Waals surface area contributed by atoms with Gasteiger partial charge < -0.3 is 23.9 Å². The molecule has 1 fully saturated rings. The summed E-state index contributed by atoms with van der Waals surface area (Å²) in [6.07, 6.45) is 6.30. The van der Waals surface area contributed by atoms with Crippen molar-refractivity contribution in [3.63, 3.8) is 0 Å². The van der Waals surface area contributed by atoms with E-state index < -0.39 is 11.7 Å². The second-order valence-corrected chi connectivity index (χ2v) is 8.93. The predicted octanol–water partition coefficient (Wildman–Crippen LogP) is 3.55. The highest BCUT2D eigenvalue weighted by atomic mass is 16.5. The molecule has 38 heavy (non-hydrogen) atoms. The summed E-state index contributed by atoms with van der Waals surface area (Å²) in [6, 6.07) is 12.7. The monoisotopic (exact) mass is 509 g/mol. The van der Waals surface area contributed by atoms with Gasteiger partial charge in [0.2, 0.25) is 0 Å². The number of carbonyl (C=O) groups excluding carboxylic acids is 3. The highest BCUT2D eigenvalue weighted by Crippen LogP contribution is 2.36. The van der Waals surface area contributed by atoms with Crippen molar-refractivity contribution in [2.45, 2.75) is 0 Å². The second-order valence-electron chi connectivity index (χ2n) is 8.93. The van der Waals surface area contributed by atoms with Gasteiger partial charge in [-0.25, -0.2) is 4.98 Å². The second kappa shape index (κ2) is 9.47. The predicted molar refractivity (Wildman–Crippen MR) is 139 cm³/mol. The number of piperazine rings is 1. The van der Waals surface area contributed by atoms with Crippen molar-refractivity contribution in [3.8, 4) is 17.2 Å². The van der Waals surface area contributed by atoms with Gasteiger partial charge in [0.05, 0.1) is 36.0 Å². The van der Waals surface area contributed by atoms with Crippen molar-refractivity contribution in [1.29, 1.82) is 0 Å². The third kappa shape index (κ3) is 3.96. The Morgan fingerprint density at radius 1 is 1.00 bits per heavy atom. The number of benzene rings is 1. The number of H-pyrrole nitrogens is 1. The molecule has 1 aliphatic heterocycles. The number of nitrogens with one attached hydrogen (secondary N) is 1. The number of aromatic amines is 1. The Labute approximate surface area is 216 Å². The minimum atomic E-state index is -0.664. The average Bonchev–Trinajstić information content (AvgIpc) is 3.61. The zero-order valence-corrected chi connectivity index (χ0v) is 20.5. The van der Waals surface area contributed by atoms with Crippen LogP contribution in [0.25, 0.3) is 33.3 Å². The van der Waals surface area contributed by atoms with E-state index in [1.165, 1.54) is 24.4 Å². The highest BCUT2D eigenvalue weighted by molar-refractivity contribution is 6.45. The summed E-state index contributed by atoms with van der Waals surface area (Å²) in [4.78, 5) is 54.2. The van der Waals surface area contributed by atoms with E-state index in [2.05, 4.69) is 15.0 Å². The van der Waals surface area contributed by atoms with E-state index in [-0.39, 0.29) is 24.6 Å². The normalized spacial score (nSPS) is 13.7. The zero-order chi connectivity index (χ0) is 26.2. The summed E-state index contributed by atoms with van der Waals surface area (Å²) in [5.41, 5.74) is 2.39. The van der Waals surface area contributed by atoms with Crippen LogP contribution < -0.4 is 4.74 Å². The number of aromatic nitrogens is 3. The fourth-order valence-electron chi connectivity index (χ4n) is 4.77. The third-order valence-electron chi connectivity index (χ3n) is 6.76. The van der Waals surface area contributed by atoms with Crippen LogP contribution in [-0.2, 0) is 4.79 Å². The number of pyridine rings is 2. The molecule has 5 aromatic rings. The summed E-state index contributed by atoms with van der Waals surface area (Å²) >= 11 is 0. The molecule has 190 valence electrons. The Kier molecular flexibility index (Phi) is 5.83. The summed E-state index contributed by atoms with van der Waals surface area (Å²) in [6.45, 7) is 1.22. The minimum absolute atomic E-state index is 0.0909. The first-order valence-corrected chi connectivity index (χ1v) is 12.1. The van der Waals surface area contributed by atoms with Gasteiger partial charge in [-0.15, -0.1) is 0 Å². The molecule has 0 aliphatic carbocycles. The molecule has 4 aromatic heterocycles. The molecule has 0 radical (unpaired) electrons. The van der Waals surface area contributed by atoms with Gasteiger partial charge in [-0.05, 0) is 24.3 Å². The van der Waals surface area contributed by atoms with Crippen molar-refractivity contribution >= 4 is 39.5 Å². The first kappa shape index (κ1) is 23.4. The summed E-state index contributed by atoms with van der Waals surface area (Å²) in [7, 11) is 1.48. The van der Waals surface area contributed by atoms with Crippen LogP contribution in [0.2, 0.25) is 0 Å². The van der Waals surface area contributed by atoms with Gasteiger partial charge in [0, 0.05) is 49.5 Å². The molecule has 10 heteroatoms.